The summed E-state index contributed by atoms with van der Waals surface area (Å²) in [7, 11) is 0. The molecule has 4 rings (SSSR count). The number of fused-ring (bicyclic) bond motifs is 1. The van der Waals surface area contributed by atoms with E-state index in [1.54, 1.807) is 12.1 Å². The Hall–Kier alpha value is -2.83. The highest BCUT2D eigenvalue weighted by molar-refractivity contribution is 6.15. The molecule has 2 aliphatic rings. The first kappa shape index (κ1) is 23.3. The van der Waals surface area contributed by atoms with Crippen molar-refractivity contribution in [2.45, 2.75) is 34.2 Å². The molecule has 0 unspecified atom stereocenters. The quantitative estimate of drug-likeness (QED) is 0.636. The number of likely N-dealkylation sites (N-methyl/N-ethyl adjacent to an activating group) is 1. The Morgan fingerprint density at radius 2 is 1.67 bits per heavy atom. The Morgan fingerprint density at radius 1 is 1.03 bits per heavy atom. The number of allylic oxidation sites excluding steroid dienone is 1. The van der Waals surface area contributed by atoms with E-state index in [9.17, 15) is 9.90 Å². The van der Waals surface area contributed by atoms with Crippen LogP contribution in [0.2, 0.25) is 0 Å². The molecule has 1 N–H and O–H groups in total. The molecule has 2 aromatic rings. The smallest absolute Gasteiger partial charge is 0.232 e. The minimum Gasteiger partial charge on any atom is -0.507 e. The molecule has 0 saturated carbocycles. The number of nitrogens with zero attached hydrogens (tertiary/aromatic N) is 3. The third-order valence-electron chi connectivity index (χ3n) is 6.83. The number of phenols is 1. The second-order valence-electron chi connectivity index (χ2n) is 8.81. The molecule has 33 heavy (non-hydrogen) atoms. The van der Waals surface area contributed by atoms with Gasteiger partial charge in [-0.15, -0.1) is 0 Å². The zero-order valence-corrected chi connectivity index (χ0v) is 20.2. The number of anilines is 1. The van der Waals surface area contributed by atoms with Gasteiger partial charge in [-0.25, -0.2) is 0 Å². The van der Waals surface area contributed by atoms with Crippen molar-refractivity contribution in [2.75, 3.05) is 50.7 Å². The maximum absolute atomic E-state index is 13.2. The summed E-state index contributed by atoms with van der Waals surface area (Å²) in [6.45, 7) is 15.7. The lowest BCUT2D eigenvalue weighted by atomic mass is 9.99. The number of ether oxygens (including phenoxy) is 1. The first-order valence-corrected chi connectivity index (χ1v) is 12.0. The topological polar surface area (TPSA) is 56.2 Å². The molecule has 0 bridgehead atoms. The number of carbonyl (C=O) groups is 1. The number of benzene rings is 2. The largest absolute Gasteiger partial charge is 0.507 e. The molecule has 0 spiro atoms. The van der Waals surface area contributed by atoms with Crippen molar-refractivity contribution in [3.05, 3.63) is 58.3 Å². The van der Waals surface area contributed by atoms with Crippen LogP contribution in [0.3, 0.4) is 0 Å². The molecule has 1 fully saturated rings. The van der Waals surface area contributed by atoms with Gasteiger partial charge >= 0.3 is 0 Å². The molecular formula is C27H35N3O3. The molecule has 1 saturated heterocycles. The molecule has 0 aliphatic carbocycles. The molecule has 0 atom stereocenters. The molecular weight excluding hydrogens is 414 g/mol. The second-order valence-corrected chi connectivity index (χ2v) is 8.81. The van der Waals surface area contributed by atoms with Crippen LogP contribution in [0.4, 0.5) is 5.69 Å². The van der Waals surface area contributed by atoms with Gasteiger partial charge in [-0.3, -0.25) is 9.69 Å². The fraction of sp³-hybridized carbons (Fsp3) is 0.444. The molecule has 176 valence electrons. The summed E-state index contributed by atoms with van der Waals surface area (Å²) in [5.41, 5.74) is 4.10. The fourth-order valence-corrected chi connectivity index (χ4v) is 4.74. The Morgan fingerprint density at radius 3 is 2.27 bits per heavy atom. The fourth-order valence-electron chi connectivity index (χ4n) is 4.74. The lowest BCUT2D eigenvalue weighted by Gasteiger charge is -2.34. The van der Waals surface area contributed by atoms with Gasteiger partial charge in [0, 0.05) is 51.5 Å². The van der Waals surface area contributed by atoms with Crippen molar-refractivity contribution in [2.24, 2.45) is 0 Å². The molecule has 2 aromatic carbocycles. The Labute approximate surface area is 197 Å². The van der Waals surface area contributed by atoms with Gasteiger partial charge < -0.3 is 19.6 Å². The lowest BCUT2D eigenvalue weighted by Crippen LogP contribution is -2.45. The molecule has 6 nitrogen and oxygen atoms in total. The van der Waals surface area contributed by atoms with Crippen LogP contribution in [0.15, 0.2) is 36.1 Å². The maximum atomic E-state index is 13.2. The number of hydrogen-bond acceptors (Lipinski definition) is 6. The van der Waals surface area contributed by atoms with Gasteiger partial charge in [0.1, 0.15) is 11.5 Å². The standard InChI is InChI=1S/C27H35N3O3/c1-5-28-12-14-29(15-13-28)18-22-23(31)16-19(4)25-26(32)24(33-27(22)25)17-20-8-10-21(11-9-20)30(6-2)7-3/h8-11,16-17,31H,5-7,12-15,18H2,1-4H3/b24-17-. The summed E-state index contributed by atoms with van der Waals surface area (Å²) in [5, 5.41) is 10.7. The summed E-state index contributed by atoms with van der Waals surface area (Å²) in [6.07, 6.45) is 1.80. The monoisotopic (exact) mass is 449 g/mol. The van der Waals surface area contributed by atoms with Crippen LogP contribution in [0.5, 0.6) is 11.5 Å². The van der Waals surface area contributed by atoms with Crippen molar-refractivity contribution >= 4 is 17.5 Å². The second kappa shape index (κ2) is 9.98. The Balaban J connectivity index is 1.58. The van der Waals surface area contributed by atoms with Crippen LogP contribution in [0.1, 0.15) is 47.8 Å². The molecule has 2 aliphatic heterocycles. The van der Waals surface area contributed by atoms with E-state index >= 15 is 0 Å². The van der Waals surface area contributed by atoms with Gasteiger partial charge in [0.05, 0.1) is 11.1 Å². The number of rotatable bonds is 7. The minimum atomic E-state index is -0.118. The molecule has 0 radical (unpaired) electrons. The number of aromatic hydroxyl groups is 1. The van der Waals surface area contributed by atoms with Crippen LogP contribution >= 0.6 is 0 Å². The summed E-state index contributed by atoms with van der Waals surface area (Å²) >= 11 is 0. The molecule has 2 heterocycles. The molecule has 0 aromatic heterocycles. The first-order valence-electron chi connectivity index (χ1n) is 12.0. The van der Waals surface area contributed by atoms with Crippen molar-refractivity contribution < 1.29 is 14.6 Å². The van der Waals surface area contributed by atoms with E-state index in [0.29, 0.717) is 29.2 Å². The van der Waals surface area contributed by atoms with Gasteiger partial charge in [-0.2, -0.15) is 0 Å². The highest BCUT2D eigenvalue weighted by Gasteiger charge is 2.34. The normalized spacial score (nSPS) is 17.9. The first-order chi connectivity index (χ1) is 15.9. The Bertz CT molecular complexity index is 1030. The summed E-state index contributed by atoms with van der Waals surface area (Å²) < 4.78 is 6.12. The third-order valence-corrected chi connectivity index (χ3v) is 6.83. The van der Waals surface area contributed by atoms with Gasteiger partial charge in [-0.05, 0) is 62.7 Å². The average Bonchev–Trinajstić information content (AvgIpc) is 3.15. The highest BCUT2D eigenvalue weighted by Crippen LogP contribution is 2.42. The number of carbonyl (C=O) groups excluding carboxylic acids is 1. The number of aryl methyl sites for hydroxylation is 1. The van der Waals surface area contributed by atoms with E-state index in [4.69, 9.17) is 4.74 Å². The van der Waals surface area contributed by atoms with E-state index in [1.165, 1.54) is 0 Å². The number of ketones is 1. The zero-order valence-electron chi connectivity index (χ0n) is 20.2. The zero-order chi connectivity index (χ0) is 23.5. The molecule has 0 amide bonds. The third kappa shape index (κ3) is 4.77. The van der Waals surface area contributed by atoms with E-state index < -0.39 is 0 Å². The van der Waals surface area contributed by atoms with E-state index in [1.807, 2.05) is 19.1 Å². The number of hydrogen-bond donors (Lipinski definition) is 1. The van der Waals surface area contributed by atoms with Crippen molar-refractivity contribution in [3.8, 4) is 11.5 Å². The lowest BCUT2D eigenvalue weighted by molar-refractivity contribution is 0.101. The SMILES string of the molecule is CCN1CCN(Cc2c(O)cc(C)c3c2O/C(=C\c2ccc(N(CC)CC)cc2)C3=O)CC1. The number of piperazine rings is 1. The van der Waals surface area contributed by atoms with Gasteiger partial charge in [-0.1, -0.05) is 19.1 Å². The van der Waals surface area contributed by atoms with Crippen LogP contribution in [-0.2, 0) is 6.54 Å². The molecule has 6 heteroatoms. The summed E-state index contributed by atoms with van der Waals surface area (Å²) in [5.74, 6) is 0.905. The van der Waals surface area contributed by atoms with Crippen LogP contribution in [0, 0.1) is 6.92 Å². The van der Waals surface area contributed by atoms with Gasteiger partial charge in [0.15, 0.2) is 5.76 Å². The number of Topliss-reactive ketones (excluding diaryl/α,β-unsaturated/α-hetero) is 1. The average molecular weight is 450 g/mol. The maximum Gasteiger partial charge on any atom is 0.232 e. The van der Waals surface area contributed by atoms with Gasteiger partial charge in [0.2, 0.25) is 5.78 Å². The van der Waals surface area contributed by atoms with E-state index in [-0.39, 0.29) is 11.5 Å². The Kier molecular flexibility index (Phi) is 7.05. The number of phenolic OH excluding ortho intramolecular Hbond substituents is 1. The highest BCUT2D eigenvalue weighted by atomic mass is 16.5. The van der Waals surface area contributed by atoms with Crippen LogP contribution < -0.4 is 9.64 Å². The summed E-state index contributed by atoms with van der Waals surface area (Å²) in [6, 6.07) is 9.87. The summed E-state index contributed by atoms with van der Waals surface area (Å²) in [4.78, 5) is 20.2. The van der Waals surface area contributed by atoms with Crippen LogP contribution in [-0.4, -0.2) is 66.5 Å². The van der Waals surface area contributed by atoms with Crippen molar-refractivity contribution in [1.29, 1.82) is 0 Å². The van der Waals surface area contributed by atoms with Crippen LogP contribution in [0.25, 0.3) is 6.08 Å². The van der Waals surface area contributed by atoms with Crippen molar-refractivity contribution in [1.82, 2.24) is 9.80 Å². The van der Waals surface area contributed by atoms with E-state index in [2.05, 4.69) is 47.6 Å². The predicted octanol–water partition coefficient (Wildman–Crippen LogP) is 4.30. The van der Waals surface area contributed by atoms with Crippen molar-refractivity contribution in [3.63, 3.8) is 0 Å². The van der Waals surface area contributed by atoms with Gasteiger partial charge in [0.25, 0.3) is 0 Å². The van der Waals surface area contributed by atoms with E-state index in [0.717, 1.165) is 62.6 Å². The predicted molar refractivity (Wildman–Crippen MR) is 133 cm³/mol. The minimum absolute atomic E-state index is 0.118.